The summed E-state index contributed by atoms with van der Waals surface area (Å²) in [6.45, 7) is 0.365. The Morgan fingerprint density at radius 1 is 1.12 bits per heavy atom. The molecule has 1 heterocycles. The quantitative estimate of drug-likeness (QED) is 0.770. The van der Waals surface area contributed by atoms with E-state index in [1.165, 1.54) is 12.1 Å². The van der Waals surface area contributed by atoms with E-state index < -0.39 is 5.41 Å². The maximum Gasteiger partial charge on any atom is 0.232 e. The number of hydrogen-bond donors (Lipinski definition) is 1. The maximum absolute atomic E-state index is 12.9. The number of hydrogen-bond acceptors (Lipinski definition) is 3. The van der Waals surface area contributed by atoms with Gasteiger partial charge in [0.2, 0.25) is 5.91 Å². The van der Waals surface area contributed by atoms with Gasteiger partial charge >= 0.3 is 0 Å². The van der Waals surface area contributed by atoms with Crippen LogP contribution in [-0.4, -0.2) is 11.1 Å². The number of nitrogens with zero attached hydrogens (tertiary/aromatic N) is 1. The minimum atomic E-state index is -0.601. The van der Waals surface area contributed by atoms with Crippen molar-refractivity contribution >= 4 is 5.91 Å². The number of carbonyl (C=O) groups is 1. The summed E-state index contributed by atoms with van der Waals surface area (Å²) in [4.78, 5) is 12.6. The van der Waals surface area contributed by atoms with E-state index in [-0.39, 0.29) is 11.7 Å². The second-order valence-electron chi connectivity index (χ2n) is 6.33. The van der Waals surface area contributed by atoms with Crippen molar-refractivity contribution in [3.8, 4) is 11.3 Å². The van der Waals surface area contributed by atoms with Crippen molar-refractivity contribution in [3.63, 3.8) is 0 Å². The molecule has 25 heavy (non-hydrogen) atoms. The molecule has 0 spiro atoms. The lowest BCUT2D eigenvalue weighted by molar-refractivity contribution is -0.123. The van der Waals surface area contributed by atoms with Crippen LogP contribution in [0.2, 0.25) is 0 Å². The monoisotopic (exact) mass is 336 g/mol. The van der Waals surface area contributed by atoms with Crippen LogP contribution in [0.15, 0.2) is 65.2 Å². The third-order valence-corrected chi connectivity index (χ3v) is 4.61. The summed E-state index contributed by atoms with van der Waals surface area (Å²) in [5.74, 6) is 0.308. The lowest BCUT2D eigenvalue weighted by Gasteiger charge is -2.12. The average Bonchev–Trinajstić information content (AvgIpc) is 3.31. The number of carbonyl (C=O) groups excluding carboxylic acids is 1. The number of amides is 1. The van der Waals surface area contributed by atoms with Crippen molar-refractivity contribution in [3.05, 3.63) is 77.7 Å². The normalized spacial score (nSPS) is 14.9. The molecule has 0 unspecified atom stereocenters. The van der Waals surface area contributed by atoms with Crippen molar-refractivity contribution in [1.82, 2.24) is 10.5 Å². The molecule has 1 fully saturated rings. The largest absolute Gasteiger partial charge is 0.356 e. The van der Waals surface area contributed by atoms with Crippen LogP contribution < -0.4 is 5.32 Å². The molecule has 1 aliphatic rings. The zero-order valence-corrected chi connectivity index (χ0v) is 13.5. The highest BCUT2D eigenvalue weighted by Gasteiger charge is 2.53. The summed E-state index contributed by atoms with van der Waals surface area (Å²) < 4.78 is 18.4. The van der Waals surface area contributed by atoms with Crippen LogP contribution in [0, 0.1) is 5.82 Å². The standard InChI is InChI=1S/C20H17FN2O2/c21-16-8-6-14(7-9-16)13-22-19(24)20(10-11-20)18-12-17(25-23-18)15-4-2-1-3-5-15/h1-9,12H,10-11,13H2,(H,22,24). The summed E-state index contributed by atoms with van der Waals surface area (Å²) in [5, 5.41) is 7.05. The lowest BCUT2D eigenvalue weighted by Crippen LogP contribution is -2.34. The molecular weight excluding hydrogens is 319 g/mol. The minimum Gasteiger partial charge on any atom is -0.356 e. The predicted octanol–water partition coefficient (Wildman–Crippen LogP) is 3.83. The Kier molecular flexibility index (Phi) is 3.84. The molecule has 126 valence electrons. The Balaban J connectivity index is 1.47. The summed E-state index contributed by atoms with van der Waals surface area (Å²) >= 11 is 0. The van der Waals surface area contributed by atoms with Crippen molar-refractivity contribution in [2.24, 2.45) is 0 Å². The van der Waals surface area contributed by atoms with E-state index in [4.69, 9.17) is 4.52 Å². The molecule has 3 aromatic rings. The molecule has 1 amide bonds. The van der Waals surface area contributed by atoms with Crippen molar-refractivity contribution in [1.29, 1.82) is 0 Å². The van der Waals surface area contributed by atoms with Crippen molar-refractivity contribution in [2.45, 2.75) is 24.8 Å². The number of nitrogens with one attached hydrogen (secondary N) is 1. The van der Waals surface area contributed by atoms with Crippen molar-refractivity contribution in [2.75, 3.05) is 0 Å². The second kappa shape index (κ2) is 6.16. The molecule has 4 rings (SSSR count). The van der Waals surface area contributed by atoms with Gasteiger partial charge in [0, 0.05) is 18.2 Å². The fourth-order valence-electron chi connectivity index (χ4n) is 2.92. The predicted molar refractivity (Wildman–Crippen MR) is 91.1 cm³/mol. The molecule has 0 aliphatic heterocycles. The zero-order valence-electron chi connectivity index (χ0n) is 13.5. The molecule has 5 heteroatoms. The van der Waals surface area contributed by atoms with Gasteiger partial charge in [-0.1, -0.05) is 47.6 Å². The molecule has 0 radical (unpaired) electrons. The first-order valence-electron chi connectivity index (χ1n) is 8.23. The van der Waals surface area contributed by atoms with E-state index in [0.717, 1.165) is 24.0 Å². The van der Waals surface area contributed by atoms with E-state index in [1.807, 2.05) is 36.4 Å². The Labute approximate surface area is 144 Å². The molecule has 0 bridgehead atoms. The molecule has 0 saturated heterocycles. The molecule has 1 N–H and O–H groups in total. The Hall–Kier alpha value is -2.95. The molecule has 1 aliphatic carbocycles. The van der Waals surface area contributed by atoms with Crippen LogP contribution in [0.1, 0.15) is 24.1 Å². The smallest absolute Gasteiger partial charge is 0.232 e. The van der Waals surface area contributed by atoms with E-state index in [9.17, 15) is 9.18 Å². The van der Waals surface area contributed by atoms with Gasteiger partial charge < -0.3 is 9.84 Å². The summed E-state index contributed by atoms with van der Waals surface area (Å²) in [6, 6.07) is 17.6. The lowest BCUT2D eigenvalue weighted by atomic mass is 10.00. The highest BCUT2D eigenvalue weighted by Crippen LogP contribution is 2.48. The topological polar surface area (TPSA) is 55.1 Å². The second-order valence-corrected chi connectivity index (χ2v) is 6.33. The summed E-state index contributed by atoms with van der Waals surface area (Å²) in [7, 11) is 0. The number of aromatic nitrogens is 1. The van der Waals surface area contributed by atoms with Gasteiger partial charge in [-0.15, -0.1) is 0 Å². The van der Waals surface area contributed by atoms with Crippen LogP contribution in [0.5, 0.6) is 0 Å². The number of benzene rings is 2. The van der Waals surface area contributed by atoms with Crippen LogP contribution in [0.25, 0.3) is 11.3 Å². The van der Waals surface area contributed by atoms with Crippen LogP contribution >= 0.6 is 0 Å². The van der Waals surface area contributed by atoms with Gasteiger partial charge in [-0.25, -0.2) is 4.39 Å². The number of halogens is 1. The number of rotatable bonds is 5. The zero-order chi connectivity index (χ0) is 17.3. The third kappa shape index (κ3) is 3.05. The van der Waals surface area contributed by atoms with Crippen LogP contribution in [0.3, 0.4) is 0 Å². The van der Waals surface area contributed by atoms with Gasteiger partial charge in [0.15, 0.2) is 5.76 Å². The minimum absolute atomic E-state index is 0.0651. The van der Waals surface area contributed by atoms with Gasteiger partial charge in [0.05, 0.1) is 11.1 Å². The first-order chi connectivity index (χ1) is 12.2. The summed E-state index contributed by atoms with van der Waals surface area (Å²) in [5.41, 5.74) is 1.86. The average molecular weight is 336 g/mol. The molecule has 1 saturated carbocycles. The van der Waals surface area contributed by atoms with E-state index in [0.29, 0.717) is 18.0 Å². The molecule has 2 aromatic carbocycles. The molecule has 0 atom stereocenters. The van der Waals surface area contributed by atoms with Crippen LogP contribution in [0.4, 0.5) is 4.39 Å². The highest BCUT2D eigenvalue weighted by molar-refractivity contribution is 5.91. The fraction of sp³-hybridized carbons (Fsp3) is 0.200. The van der Waals surface area contributed by atoms with E-state index in [2.05, 4.69) is 10.5 Å². The van der Waals surface area contributed by atoms with Gasteiger partial charge in [-0.2, -0.15) is 0 Å². The first-order valence-corrected chi connectivity index (χ1v) is 8.23. The maximum atomic E-state index is 12.9. The Bertz CT molecular complexity index is 884. The van der Waals surface area contributed by atoms with Gasteiger partial charge in [0.1, 0.15) is 5.82 Å². The van der Waals surface area contributed by atoms with Gasteiger partial charge in [0.25, 0.3) is 0 Å². The molecule has 4 nitrogen and oxygen atoms in total. The van der Waals surface area contributed by atoms with E-state index in [1.54, 1.807) is 12.1 Å². The highest BCUT2D eigenvalue weighted by atomic mass is 19.1. The SMILES string of the molecule is O=C(NCc1ccc(F)cc1)C1(c2cc(-c3ccccc3)on2)CC1. The molecule has 1 aromatic heterocycles. The Morgan fingerprint density at radius 3 is 2.52 bits per heavy atom. The fourth-order valence-corrected chi connectivity index (χ4v) is 2.92. The van der Waals surface area contributed by atoms with Crippen LogP contribution in [-0.2, 0) is 16.8 Å². The van der Waals surface area contributed by atoms with Gasteiger partial charge in [-0.05, 0) is 30.5 Å². The first kappa shape index (κ1) is 15.6. The van der Waals surface area contributed by atoms with Gasteiger partial charge in [-0.3, -0.25) is 4.79 Å². The third-order valence-electron chi connectivity index (χ3n) is 4.61. The molecular formula is C20H17FN2O2. The Morgan fingerprint density at radius 2 is 1.84 bits per heavy atom. The summed E-state index contributed by atoms with van der Waals surface area (Å²) in [6.07, 6.45) is 1.51. The van der Waals surface area contributed by atoms with Crippen molar-refractivity contribution < 1.29 is 13.7 Å². The van der Waals surface area contributed by atoms with E-state index >= 15 is 0 Å².